The Balaban J connectivity index is 2.14. The van der Waals surface area contributed by atoms with E-state index in [9.17, 15) is 8.78 Å². The zero-order valence-electron chi connectivity index (χ0n) is 10.4. The molecule has 3 nitrogen and oxygen atoms in total. The summed E-state index contributed by atoms with van der Waals surface area (Å²) >= 11 is 0. The molecule has 5 heteroatoms. The fraction of sp³-hybridized carbons (Fsp3) is 0.0667. The fourth-order valence-electron chi connectivity index (χ4n) is 2.24. The van der Waals surface area contributed by atoms with Crippen molar-refractivity contribution in [2.45, 2.75) is 6.04 Å². The van der Waals surface area contributed by atoms with Crippen LogP contribution in [0, 0.1) is 11.6 Å². The van der Waals surface area contributed by atoms with Crippen molar-refractivity contribution in [3.8, 4) is 0 Å². The molecule has 0 radical (unpaired) electrons. The zero-order chi connectivity index (χ0) is 14.1. The van der Waals surface area contributed by atoms with Crippen LogP contribution >= 0.6 is 0 Å². The van der Waals surface area contributed by atoms with Gasteiger partial charge in [0.05, 0.1) is 0 Å². The van der Waals surface area contributed by atoms with E-state index in [0.717, 1.165) is 5.39 Å². The molecule has 3 rings (SSSR count). The number of nitrogens with one attached hydrogen (secondary N) is 1. The topological polar surface area (TPSA) is 51.2 Å². The van der Waals surface area contributed by atoms with Crippen LogP contribution in [0.4, 0.5) is 8.78 Å². The third-order valence-corrected chi connectivity index (χ3v) is 3.18. The van der Waals surface area contributed by atoms with Gasteiger partial charge in [-0.25, -0.2) is 14.2 Å². The Kier molecular flexibility index (Phi) is 3.22. The number of nitrogens with two attached hydrogens (primary N) is 1. The highest BCUT2D eigenvalue weighted by molar-refractivity contribution is 5.78. The molecule has 0 aliphatic rings. The van der Waals surface area contributed by atoms with Crippen LogP contribution in [0.5, 0.6) is 0 Å². The van der Waals surface area contributed by atoms with Crippen molar-refractivity contribution in [2.24, 2.45) is 5.84 Å². The van der Waals surface area contributed by atoms with Crippen molar-refractivity contribution in [1.29, 1.82) is 0 Å². The SMILES string of the molecule is NNC(c1cc2ccccc2o1)c1c(F)cccc1F. The molecule has 0 aliphatic carbocycles. The third-order valence-electron chi connectivity index (χ3n) is 3.18. The summed E-state index contributed by atoms with van der Waals surface area (Å²) in [5.41, 5.74) is 2.88. The van der Waals surface area contributed by atoms with E-state index in [-0.39, 0.29) is 5.56 Å². The van der Waals surface area contributed by atoms with E-state index >= 15 is 0 Å². The molecule has 1 atom stereocenters. The number of benzene rings is 2. The van der Waals surface area contributed by atoms with Gasteiger partial charge in [-0.2, -0.15) is 0 Å². The lowest BCUT2D eigenvalue weighted by molar-refractivity contribution is 0.444. The number of hydrazine groups is 1. The number of fused-ring (bicyclic) bond motifs is 1. The van der Waals surface area contributed by atoms with E-state index in [4.69, 9.17) is 10.3 Å². The molecule has 0 fully saturated rings. The van der Waals surface area contributed by atoms with Gasteiger partial charge in [0.1, 0.15) is 29.0 Å². The van der Waals surface area contributed by atoms with Crippen LogP contribution in [0.25, 0.3) is 11.0 Å². The van der Waals surface area contributed by atoms with Crippen molar-refractivity contribution < 1.29 is 13.2 Å². The van der Waals surface area contributed by atoms with E-state index < -0.39 is 17.7 Å². The van der Waals surface area contributed by atoms with Crippen molar-refractivity contribution in [1.82, 2.24) is 5.43 Å². The van der Waals surface area contributed by atoms with Crippen LogP contribution < -0.4 is 11.3 Å². The second kappa shape index (κ2) is 5.03. The predicted molar refractivity (Wildman–Crippen MR) is 71.7 cm³/mol. The van der Waals surface area contributed by atoms with E-state index in [0.29, 0.717) is 11.3 Å². The monoisotopic (exact) mass is 274 g/mol. The highest BCUT2D eigenvalue weighted by atomic mass is 19.1. The van der Waals surface area contributed by atoms with Crippen LogP contribution in [-0.4, -0.2) is 0 Å². The van der Waals surface area contributed by atoms with Gasteiger partial charge in [-0.1, -0.05) is 24.3 Å². The molecule has 2 aromatic carbocycles. The number of hydrogen-bond donors (Lipinski definition) is 2. The van der Waals surface area contributed by atoms with Gasteiger partial charge in [0.2, 0.25) is 0 Å². The molecule has 1 aromatic heterocycles. The first kappa shape index (κ1) is 12.8. The Morgan fingerprint density at radius 2 is 1.70 bits per heavy atom. The molecule has 0 spiro atoms. The molecule has 102 valence electrons. The average molecular weight is 274 g/mol. The summed E-state index contributed by atoms with van der Waals surface area (Å²) in [6.07, 6.45) is 0. The van der Waals surface area contributed by atoms with Gasteiger partial charge in [-0.05, 0) is 24.3 Å². The summed E-state index contributed by atoms with van der Waals surface area (Å²) in [5.74, 6) is 4.47. The number of rotatable bonds is 3. The predicted octanol–water partition coefficient (Wildman–Crippen LogP) is 3.26. The molecule has 0 aliphatic heterocycles. The van der Waals surface area contributed by atoms with Crippen molar-refractivity contribution in [3.63, 3.8) is 0 Å². The van der Waals surface area contributed by atoms with Gasteiger partial charge in [-0.3, -0.25) is 5.84 Å². The second-order valence-corrected chi connectivity index (χ2v) is 4.42. The molecule has 1 unspecified atom stereocenters. The molecular formula is C15H12F2N2O. The van der Waals surface area contributed by atoms with Crippen molar-refractivity contribution >= 4 is 11.0 Å². The lowest BCUT2D eigenvalue weighted by Gasteiger charge is -2.15. The van der Waals surface area contributed by atoms with Crippen LogP contribution in [0.15, 0.2) is 52.9 Å². The minimum Gasteiger partial charge on any atom is -0.459 e. The van der Waals surface area contributed by atoms with Crippen LogP contribution in [0.1, 0.15) is 17.4 Å². The number of hydrogen-bond acceptors (Lipinski definition) is 3. The van der Waals surface area contributed by atoms with Crippen molar-refractivity contribution in [3.05, 3.63) is 71.5 Å². The van der Waals surface area contributed by atoms with Gasteiger partial charge in [-0.15, -0.1) is 0 Å². The smallest absolute Gasteiger partial charge is 0.134 e. The number of halogens is 2. The Morgan fingerprint density at radius 3 is 2.35 bits per heavy atom. The Hall–Kier alpha value is -2.24. The lowest BCUT2D eigenvalue weighted by Crippen LogP contribution is -2.30. The van der Waals surface area contributed by atoms with Gasteiger partial charge in [0.15, 0.2) is 0 Å². The Bertz CT molecular complexity index is 701. The minimum atomic E-state index is -0.886. The largest absolute Gasteiger partial charge is 0.459 e. The highest BCUT2D eigenvalue weighted by Gasteiger charge is 2.23. The van der Waals surface area contributed by atoms with Crippen LogP contribution in [0.3, 0.4) is 0 Å². The second-order valence-electron chi connectivity index (χ2n) is 4.42. The molecule has 20 heavy (non-hydrogen) atoms. The molecule has 3 aromatic rings. The maximum atomic E-state index is 13.9. The first-order chi connectivity index (χ1) is 9.70. The Labute approximate surface area is 114 Å². The van der Waals surface area contributed by atoms with Crippen LogP contribution in [-0.2, 0) is 0 Å². The maximum absolute atomic E-state index is 13.9. The summed E-state index contributed by atoms with van der Waals surface area (Å²) in [6, 6.07) is 11.8. The Morgan fingerprint density at radius 1 is 1.00 bits per heavy atom. The van der Waals surface area contributed by atoms with E-state index in [1.165, 1.54) is 18.2 Å². The molecule has 0 amide bonds. The zero-order valence-corrected chi connectivity index (χ0v) is 10.4. The van der Waals surface area contributed by atoms with E-state index in [2.05, 4.69) is 5.43 Å². The lowest BCUT2D eigenvalue weighted by atomic mass is 10.0. The van der Waals surface area contributed by atoms with Gasteiger partial charge in [0.25, 0.3) is 0 Å². The summed E-state index contributed by atoms with van der Waals surface area (Å²) in [6.45, 7) is 0. The minimum absolute atomic E-state index is 0.158. The van der Waals surface area contributed by atoms with E-state index in [1.54, 1.807) is 12.1 Å². The number of para-hydroxylation sites is 1. The summed E-state index contributed by atoms with van der Waals surface area (Å²) in [4.78, 5) is 0. The standard InChI is InChI=1S/C15H12F2N2O/c16-10-5-3-6-11(17)14(10)15(19-18)13-8-9-4-1-2-7-12(9)20-13/h1-8,15,19H,18H2. The number of furan rings is 1. The molecule has 0 bridgehead atoms. The summed E-state index contributed by atoms with van der Waals surface area (Å²) < 4.78 is 33.3. The average Bonchev–Trinajstić information content (AvgIpc) is 2.86. The molecular weight excluding hydrogens is 262 g/mol. The molecule has 3 N–H and O–H groups in total. The first-order valence-corrected chi connectivity index (χ1v) is 6.09. The van der Waals surface area contributed by atoms with E-state index in [1.807, 2.05) is 18.2 Å². The molecule has 0 saturated heterocycles. The fourth-order valence-corrected chi connectivity index (χ4v) is 2.24. The van der Waals surface area contributed by atoms with Crippen LogP contribution in [0.2, 0.25) is 0 Å². The molecule has 1 heterocycles. The maximum Gasteiger partial charge on any atom is 0.134 e. The van der Waals surface area contributed by atoms with Gasteiger partial charge in [0, 0.05) is 10.9 Å². The highest BCUT2D eigenvalue weighted by Crippen LogP contribution is 2.30. The normalized spacial score (nSPS) is 12.8. The van der Waals surface area contributed by atoms with Gasteiger partial charge >= 0.3 is 0 Å². The third kappa shape index (κ3) is 2.07. The van der Waals surface area contributed by atoms with Crippen molar-refractivity contribution in [2.75, 3.05) is 0 Å². The quantitative estimate of drug-likeness (QED) is 0.569. The molecule has 0 saturated carbocycles. The summed E-state index contributed by atoms with van der Waals surface area (Å²) in [7, 11) is 0. The van der Waals surface area contributed by atoms with Gasteiger partial charge < -0.3 is 4.42 Å². The summed E-state index contributed by atoms with van der Waals surface area (Å²) in [5, 5.41) is 0.847. The first-order valence-electron chi connectivity index (χ1n) is 6.09.